The molecule has 1 aliphatic carbocycles. The van der Waals surface area contributed by atoms with Gasteiger partial charge in [-0.2, -0.15) is 5.26 Å². The van der Waals surface area contributed by atoms with Gasteiger partial charge < -0.3 is 15.0 Å². The van der Waals surface area contributed by atoms with Gasteiger partial charge in [0.1, 0.15) is 5.60 Å². The van der Waals surface area contributed by atoms with Gasteiger partial charge in [-0.1, -0.05) is 6.42 Å². The van der Waals surface area contributed by atoms with Crippen LogP contribution in [0.4, 0.5) is 4.79 Å². The largest absolute Gasteiger partial charge is 0.444 e. The minimum atomic E-state index is -0.495. The number of hydrogen-bond acceptors (Lipinski definition) is 4. The maximum atomic E-state index is 12.4. The molecule has 1 N–H and O–H groups in total. The smallest absolute Gasteiger partial charge is 0.410 e. The monoisotopic (exact) mass is 309 g/mol. The molecule has 0 aromatic rings. The highest BCUT2D eigenvalue weighted by molar-refractivity contribution is 5.69. The number of ether oxygens (including phenoxy) is 1. The van der Waals surface area contributed by atoms with Crippen molar-refractivity contribution in [1.29, 1.82) is 5.26 Å². The molecule has 0 bridgehead atoms. The van der Waals surface area contributed by atoms with Gasteiger partial charge in [-0.15, -0.1) is 0 Å². The van der Waals surface area contributed by atoms with E-state index in [2.05, 4.69) is 11.4 Å². The van der Waals surface area contributed by atoms with Crippen molar-refractivity contribution < 1.29 is 9.53 Å². The van der Waals surface area contributed by atoms with E-state index in [9.17, 15) is 4.79 Å². The van der Waals surface area contributed by atoms with Crippen LogP contribution in [-0.2, 0) is 4.74 Å². The third-order valence-corrected chi connectivity index (χ3v) is 3.85. The van der Waals surface area contributed by atoms with Crippen molar-refractivity contribution >= 4 is 6.09 Å². The molecule has 126 valence electrons. The first-order valence-corrected chi connectivity index (χ1v) is 8.18. The van der Waals surface area contributed by atoms with E-state index in [-0.39, 0.29) is 23.6 Å². The van der Waals surface area contributed by atoms with Crippen molar-refractivity contribution in [2.45, 2.75) is 78.0 Å². The number of hydrogen-bond donors (Lipinski definition) is 1. The lowest BCUT2D eigenvalue weighted by molar-refractivity contribution is 0.00643. The fraction of sp³-hybridized carbons (Fsp3) is 0.882. The van der Waals surface area contributed by atoms with Gasteiger partial charge in [0.2, 0.25) is 0 Å². The lowest BCUT2D eigenvalue weighted by atomic mass is 10.1. The van der Waals surface area contributed by atoms with Crippen molar-refractivity contribution in [3.63, 3.8) is 0 Å². The molecule has 1 aliphatic rings. The van der Waals surface area contributed by atoms with E-state index in [1.165, 1.54) is 0 Å². The molecule has 5 heteroatoms. The number of amides is 1. The predicted octanol–water partition coefficient (Wildman–Crippen LogP) is 3.30. The Kier molecular flexibility index (Phi) is 6.25. The SMILES string of the molecule is CC(C)(C)OC(=O)N(CCNC1CCCC1C#N)C(C)(C)C. The van der Waals surface area contributed by atoms with Gasteiger partial charge in [0, 0.05) is 24.7 Å². The first kappa shape index (κ1) is 18.8. The van der Waals surface area contributed by atoms with Gasteiger partial charge in [0.25, 0.3) is 0 Å². The van der Waals surface area contributed by atoms with Crippen LogP contribution in [0.25, 0.3) is 0 Å². The summed E-state index contributed by atoms with van der Waals surface area (Å²) in [4.78, 5) is 14.1. The zero-order valence-electron chi connectivity index (χ0n) is 14.9. The van der Waals surface area contributed by atoms with E-state index in [0.717, 1.165) is 19.3 Å². The summed E-state index contributed by atoms with van der Waals surface area (Å²) in [6.07, 6.45) is 2.83. The molecule has 1 saturated carbocycles. The second-order valence-corrected chi connectivity index (χ2v) is 8.03. The summed E-state index contributed by atoms with van der Waals surface area (Å²) in [6, 6.07) is 2.62. The number of nitrogens with one attached hydrogen (secondary N) is 1. The topological polar surface area (TPSA) is 65.4 Å². The van der Waals surface area contributed by atoms with Gasteiger partial charge in [-0.3, -0.25) is 0 Å². The number of carbonyl (C=O) groups excluding carboxylic acids is 1. The minimum Gasteiger partial charge on any atom is -0.444 e. The van der Waals surface area contributed by atoms with Crippen LogP contribution in [-0.4, -0.2) is 41.3 Å². The number of nitriles is 1. The molecule has 2 atom stereocenters. The van der Waals surface area contributed by atoms with Crippen LogP contribution >= 0.6 is 0 Å². The highest BCUT2D eigenvalue weighted by Gasteiger charge is 2.31. The number of carbonyl (C=O) groups is 1. The molecular weight excluding hydrogens is 278 g/mol. The molecule has 2 unspecified atom stereocenters. The Hall–Kier alpha value is -1.28. The van der Waals surface area contributed by atoms with E-state index in [1.807, 2.05) is 41.5 Å². The molecule has 5 nitrogen and oxygen atoms in total. The summed E-state index contributed by atoms with van der Waals surface area (Å²) in [5, 5.41) is 12.5. The summed E-state index contributed by atoms with van der Waals surface area (Å²) < 4.78 is 5.50. The Morgan fingerprint density at radius 2 is 1.91 bits per heavy atom. The zero-order valence-corrected chi connectivity index (χ0v) is 14.9. The van der Waals surface area contributed by atoms with Gasteiger partial charge in [0.15, 0.2) is 0 Å². The summed E-state index contributed by atoms with van der Waals surface area (Å²) in [7, 11) is 0. The summed E-state index contributed by atoms with van der Waals surface area (Å²) in [6.45, 7) is 12.9. The lowest BCUT2D eigenvalue weighted by Crippen LogP contribution is -2.51. The average Bonchev–Trinajstić information content (AvgIpc) is 2.77. The Labute approximate surface area is 135 Å². The van der Waals surface area contributed by atoms with Crippen LogP contribution in [0.1, 0.15) is 60.8 Å². The molecule has 0 heterocycles. The van der Waals surface area contributed by atoms with Crippen molar-refractivity contribution in [3.05, 3.63) is 0 Å². The van der Waals surface area contributed by atoms with Gasteiger partial charge in [-0.05, 0) is 54.4 Å². The van der Waals surface area contributed by atoms with Gasteiger partial charge >= 0.3 is 6.09 Å². The van der Waals surface area contributed by atoms with E-state index in [0.29, 0.717) is 13.1 Å². The van der Waals surface area contributed by atoms with E-state index in [1.54, 1.807) is 4.90 Å². The van der Waals surface area contributed by atoms with E-state index in [4.69, 9.17) is 10.00 Å². The van der Waals surface area contributed by atoms with Crippen LogP contribution < -0.4 is 5.32 Å². The quantitative estimate of drug-likeness (QED) is 0.865. The molecule has 22 heavy (non-hydrogen) atoms. The maximum absolute atomic E-state index is 12.4. The minimum absolute atomic E-state index is 0.101. The zero-order chi connectivity index (χ0) is 17.0. The van der Waals surface area contributed by atoms with Crippen LogP contribution in [0.5, 0.6) is 0 Å². The normalized spacial score (nSPS) is 22.2. The third-order valence-electron chi connectivity index (χ3n) is 3.85. The van der Waals surface area contributed by atoms with Gasteiger partial charge in [0.05, 0.1) is 12.0 Å². The molecule has 1 rings (SSSR count). The van der Waals surface area contributed by atoms with Gasteiger partial charge in [-0.25, -0.2) is 4.79 Å². The third kappa shape index (κ3) is 5.84. The first-order chi connectivity index (χ1) is 10.0. The molecular formula is C17H31N3O2. The predicted molar refractivity (Wildman–Crippen MR) is 87.4 cm³/mol. The number of nitrogens with zero attached hydrogens (tertiary/aromatic N) is 2. The summed E-state index contributed by atoms with van der Waals surface area (Å²) in [5.41, 5.74) is -0.792. The van der Waals surface area contributed by atoms with Crippen molar-refractivity contribution in [2.24, 2.45) is 5.92 Å². The summed E-state index contributed by atoms with van der Waals surface area (Å²) >= 11 is 0. The molecule has 0 saturated heterocycles. The Balaban J connectivity index is 2.56. The molecule has 0 aromatic heterocycles. The second kappa shape index (κ2) is 7.32. The van der Waals surface area contributed by atoms with Crippen LogP contribution in [0.15, 0.2) is 0 Å². The maximum Gasteiger partial charge on any atom is 0.410 e. The van der Waals surface area contributed by atoms with E-state index >= 15 is 0 Å². The molecule has 1 amide bonds. The van der Waals surface area contributed by atoms with Crippen LogP contribution in [0.2, 0.25) is 0 Å². The average molecular weight is 309 g/mol. The van der Waals surface area contributed by atoms with Crippen LogP contribution in [0.3, 0.4) is 0 Å². The lowest BCUT2D eigenvalue weighted by Gasteiger charge is -2.37. The highest BCUT2D eigenvalue weighted by Crippen LogP contribution is 2.25. The molecule has 1 fully saturated rings. The first-order valence-electron chi connectivity index (χ1n) is 8.18. The Bertz CT molecular complexity index is 415. The number of rotatable bonds is 4. The fourth-order valence-electron chi connectivity index (χ4n) is 2.74. The fourth-order valence-corrected chi connectivity index (χ4v) is 2.74. The highest BCUT2D eigenvalue weighted by atomic mass is 16.6. The summed E-state index contributed by atoms with van der Waals surface area (Å²) in [5.74, 6) is 0.101. The van der Waals surface area contributed by atoms with E-state index < -0.39 is 5.60 Å². The van der Waals surface area contributed by atoms with Crippen LogP contribution in [0, 0.1) is 17.2 Å². The molecule has 0 spiro atoms. The second-order valence-electron chi connectivity index (χ2n) is 8.03. The van der Waals surface area contributed by atoms with Crippen molar-refractivity contribution in [3.8, 4) is 6.07 Å². The van der Waals surface area contributed by atoms with Crippen molar-refractivity contribution in [2.75, 3.05) is 13.1 Å². The molecule has 0 radical (unpaired) electrons. The standard InChI is InChI=1S/C17H31N3O2/c1-16(2,3)20(15(21)22-17(4,5)6)11-10-19-14-9-7-8-13(14)12-18/h13-14,19H,7-11H2,1-6H3. The Morgan fingerprint density at radius 1 is 1.27 bits per heavy atom. The Morgan fingerprint density at radius 3 is 2.41 bits per heavy atom. The molecule has 0 aromatic carbocycles. The van der Waals surface area contributed by atoms with Crippen molar-refractivity contribution in [1.82, 2.24) is 10.2 Å². The molecule has 0 aliphatic heterocycles.